The van der Waals surface area contributed by atoms with Crippen molar-refractivity contribution in [3.05, 3.63) is 0 Å². The average Bonchev–Trinajstić information content (AvgIpc) is 2.16. The lowest BCUT2D eigenvalue weighted by Gasteiger charge is -2.19. The van der Waals surface area contributed by atoms with Crippen LogP contribution >= 0.6 is 0 Å². The maximum atomic E-state index is 9.03. The minimum atomic E-state index is 0.199. The molecule has 0 saturated heterocycles. The number of hydrogen-bond acceptors (Lipinski definition) is 3. The van der Waals surface area contributed by atoms with Crippen LogP contribution in [0.5, 0.6) is 0 Å². The van der Waals surface area contributed by atoms with E-state index in [-0.39, 0.29) is 12.6 Å². The zero-order valence-electron chi connectivity index (χ0n) is 9.75. The van der Waals surface area contributed by atoms with Crippen LogP contribution < -0.4 is 5.32 Å². The summed E-state index contributed by atoms with van der Waals surface area (Å²) in [4.78, 5) is 0. The van der Waals surface area contributed by atoms with Gasteiger partial charge < -0.3 is 15.2 Å². The summed E-state index contributed by atoms with van der Waals surface area (Å²) < 4.78 is 5.40. The van der Waals surface area contributed by atoms with E-state index in [1.165, 1.54) is 6.42 Å². The van der Waals surface area contributed by atoms with Crippen molar-refractivity contribution in [2.75, 3.05) is 26.4 Å². The highest BCUT2D eigenvalue weighted by molar-refractivity contribution is 4.68. The fourth-order valence-electron chi connectivity index (χ4n) is 1.18. The smallest absolute Gasteiger partial charge is 0.0591 e. The number of hydrogen-bond donors (Lipinski definition) is 2. The van der Waals surface area contributed by atoms with Crippen molar-refractivity contribution in [2.45, 2.75) is 39.7 Å². The Labute approximate surface area is 87.8 Å². The molecule has 0 bridgehead atoms. The Morgan fingerprint density at radius 3 is 2.50 bits per heavy atom. The number of aliphatic hydroxyl groups excluding tert-OH is 1. The molecular weight excluding hydrogens is 178 g/mol. The minimum Gasteiger partial charge on any atom is -0.395 e. The number of nitrogens with one attached hydrogen (secondary N) is 1. The number of rotatable bonds is 9. The van der Waals surface area contributed by atoms with Crippen LogP contribution in [0.4, 0.5) is 0 Å². The third-order valence-corrected chi connectivity index (χ3v) is 2.30. The fourth-order valence-corrected chi connectivity index (χ4v) is 1.18. The molecule has 0 aliphatic heterocycles. The van der Waals surface area contributed by atoms with Gasteiger partial charge in [-0.05, 0) is 12.3 Å². The zero-order valence-corrected chi connectivity index (χ0v) is 9.75. The van der Waals surface area contributed by atoms with Crippen LogP contribution in [-0.4, -0.2) is 37.5 Å². The molecule has 1 atom stereocenters. The van der Waals surface area contributed by atoms with E-state index in [1.54, 1.807) is 0 Å². The fraction of sp³-hybridized carbons (Fsp3) is 1.00. The summed E-state index contributed by atoms with van der Waals surface area (Å²) in [5.41, 5.74) is 0. The Bertz CT molecular complexity index is 118. The lowest BCUT2D eigenvalue weighted by atomic mass is 10.1. The van der Waals surface area contributed by atoms with Crippen molar-refractivity contribution in [1.82, 2.24) is 5.32 Å². The average molecular weight is 203 g/mol. The van der Waals surface area contributed by atoms with Crippen LogP contribution in [-0.2, 0) is 4.74 Å². The first kappa shape index (κ1) is 13.9. The van der Waals surface area contributed by atoms with Gasteiger partial charge in [-0.2, -0.15) is 0 Å². The van der Waals surface area contributed by atoms with Crippen molar-refractivity contribution in [1.29, 1.82) is 0 Å². The number of ether oxygens (including phenoxy) is 1. The molecule has 0 rings (SSSR count). The lowest BCUT2D eigenvalue weighted by Crippen LogP contribution is -2.38. The molecule has 0 fully saturated rings. The summed E-state index contributed by atoms with van der Waals surface area (Å²) in [6, 6.07) is 0.199. The lowest BCUT2D eigenvalue weighted by molar-refractivity contribution is 0.123. The van der Waals surface area contributed by atoms with E-state index in [2.05, 4.69) is 26.1 Å². The molecule has 0 aromatic rings. The Morgan fingerprint density at radius 1 is 1.29 bits per heavy atom. The third-order valence-electron chi connectivity index (χ3n) is 2.30. The van der Waals surface area contributed by atoms with E-state index < -0.39 is 0 Å². The van der Waals surface area contributed by atoms with Gasteiger partial charge in [0.25, 0.3) is 0 Å². The maximum Gasteiger partial charge on any atom is 0.0591 e. The van der Waals surface area contributed by atoms with Gasteiger partial charge in [0.15, 0.2) is 0 Å². The molecule has 14 heavy (non-hydrogen) atoms. The highest BCUT2D eigenvalue weighted by Gasteiger charge is 2.09. The van der Waals surface area contributed by atoms with E-state index in [1.807, 2.05) is 0 Å². The van der Waals surface area contributed by atoms with Gasteiger partial charge in [0.2, 0.25) is 0 Å². The van der Waals surface area contributed by atoms with Gasteiger partial charge in [-0.25, -0.2) is 0 Å². The molecule has 0 aromatic carbocycles. The van der Waals surface area contributed by atoms with Crippen molar-refractivity contribution < 1.29 is 9.84 Å². The molecule has 0 saturated carbocycles. The highest BCUT2D eigenvalue weighted by atomic mass is 16.5. The molecule has 0 aliphatic carbocycles. The van der Waals surface area contributed by atoms with Gasteiger partial charge in [-0.3, -0.25) is 0 Å². The van der Waals surface area contributed by atoms with Crippen molar-refractivity contribution >= 4 is 0 Å². The van der Waals surface area contributed by atoms with Gasteiger partial charge >= 0.3 is 0 Å². The van der Waals surface area contributed by atoms with Gasteiger partial charge in [0.05, 0.1) is 13.2 Å². The number of unbranched alkanes of at least 4 members (excludes halogenated alkanes) is 1. The molecule has 3 nitrogen and oxygen atoms in total. The van der Waals surface area contributed by atoms with E-state index >= 15 is 0 Å². The largest absolute Gasteiger partial charge is 0.395 e. The maximum absolute atomic E-state index is 9.03. The first-order valence-corrected chi connectivity index (χ1v) is 5.64. The molecule has 0 aliphatic rings. The molecule has 0 heterocycles. The van der Waals surface area contributed by atoms with Crippen molar-refractivity contribution in [2.24, 2.45) is 5.92 Å². The van der Waals surface area contributed by atoms with Crippen LogP contribution in [0, 0.1) is 5.92 Å². The summed E-state index contributed by atoms with van der Waals surface area (Å²) in [5, 5.41) is 12.3. The molecule has 0 spiro atoms. The van der Waals surface area contributed by atoms with Crippen LogP contribution in [0.1, 0.15) is 33.6 Å². The molecule has 3 heteroatoms. The first-order valence-electron chi connectivity index (χ1n) is 5.64. The van der Waals surface area contributed by atoms with E-state index in [0.29, 0.717) is 5.92 Å². The molecular formula is C11H25NO2. The Morgan fingerprint density at radius 2 is 2.00 bits per heavy atom. The second kappa shape index (κ2) is 9.44. The van der Waals surface area contributed by atoms with Gasteiger partial charge in [0.1, 0.15) is 0 Å². The summed E-state index contributed by atoms with van der Waals surface area (Å²) in [7, 11) is 0. The molecule has 0 amide bonds. The Hall–Kier alpha value is -0.120. The molecule has 0 aromatic heterocycles. The van der Waals surface area contributed by atoms with Gasteiger partial charge in [-0.1, -0.05) is 27.2 Å². The SMILES string of the molecule is CCCCOCCN[C@H](CO)C(C)C. The quantitative estimate of drug-likeness (QED) is 0.557. The molecule has 0 unspecified atom stereocenters. The molecule has 0 radical (unpaired) electrons. The second-order valence-electron chi connectivity index (χ2n) is 3.95. The van der Waals surface area contributed by atoms with Crippen LogP contribution in [0.2, 0.25) is 0 Å². The summed E-state index contributed by atoms with van der Waals surface area (Å²) in [6.45, 7) is 8.98. The number of aliphatic hydroxyl groups is 1. The highest BCUT2D eigenvalue weighted by Crippen LogP contribution is 1.99. The summed E-state index contributed by atoms with van der Waals surface area (Å²) >= 11 is 0. The standard InChI is InChI=1S/C11H25NO2/c1-4-5-7-14-8-6-12-11(9-13)10(2)3/h10-13H,4-9H2,1-3H3/t11-/m1/s1. The third kappa shape index (κ3) is 7.30. The van der Waals surface area contributed by atoms with E-state index in [4.69, 9.17) is 9.84 Å². The van der Waals surface area contributed by atoms with E-state index in [9.17, 15) is 0 Å². The second-order valence-corrected chi connectivity index (χ2v) is 3.95. The van der Waals surface area contributed by atoms with Crippen molar-refractivity contribution in [3.63, 3.8) is 0 Å². The normalized spacial score (nSPS) is 13.5. The minimum absolute atomic E-state index is 0.199. The Balaban J connectivity index is 3.25. The summed E-state index contributed by atoms with van der Waals surface area (Å²) in [6.07, 6.45) is 2.31. The van der Waals surface area contributed by atoms with Crippen LogP contribution in [0.15, 0.2) is 0 Å². The van der Waals surface area contributed by atoms with Crippen molar-refractivity contribution in [3.8, 4) is 0 Å². The summed E-state index contributed by atoms with van der Waals surface area (Å²) in [5.74, 6) is 0.468. The predicted octanol–water partition coefficient (Wildman–Crippen LogP) is 1.41. The molecule has 2 N–H and O–H groups in total. The zero-order chi connectivity index (χ0) is 10.8. The topological polar surface area (TPSA) is 41.5 Å². The van der Waals surface area contributed by atoms with E-state index in [0.717, 1.165) is 26.2 Å². The van der Waals surface area contributed by atoms with Crippen LogP contribution in [0.3, 0.4) is 0 Å². The molecule has 86 valence electrons. The Kier molecular flexibility index (Phi) is 9.35. The monoisotopic (exact) mass is 203 g/mol. The van der Waals surface area contributed by atoms with Gasteiger partial charge in [-0.15, -0.1) is 0 Å². The van der Waals surface area contributed by atoms with Gasteiger partial charge in [0, 0.05) is 19.2 Å². The first-order chi connectivity index (χ1) is 6.72. The van der Waals surface area contributed by atoms with Crippen LogP contribution in [0.25, 0.3) is 0 Å². The predicted molar refractivity (Wildman–Crippen MR) is 59.4 cm³/mol.